The summed E-state index contributed by atoms with van der Waals surface area (Å²) in [6, 6.07) is 15.4. The Morgan fingerprint density at radius 3 is 2.17 bits per heavy atom. The lowest BCUT2D eigenvalue weighted by Crippen LogP contribution is -2.48. The van der Waals surface area contributed by atoms with Crippen LogP contribution < -0.4 is 15.4 Å². The molecule has 7 nitrogen and oxygen atoms in total. The van der Waals surface area contributed by atoms with Gasteiger partial charge in [0.25, 0.3) is 5.91 Å². The molecule has 30 heavy (non-hydrogen) atoms. The molecule has 1 aliphatic rings. The number of nitrogens with zero attached hydrogens (tertiary/aromatic N) is 2. The lowest BCUT2D eigenvalue weighted by atomic mass is 10.2. The number of benzene rings is 2. The Kier molecular flexibility index (Phi) is 5.43. The first-order valence-electron chi connectivity index (χ1n) is 9.73. The topological polar surface area (TPSA) is 93.2 Å². The number of aromatic nitrogens is 2. The molecule has 0 atom stereocenters. The Bertz CT molecular complexity index is 1030. The predicted octanol–water partition coefficient (Wildman–Crippen LogP) is 3.16. The van der Waals surface area contributed by atoms with Crippen molar-refractivity contribution in [3.8, 4) is 11.5 Å². The number of hydrogen-bond donors (Lipinski definition) is 2. The molecule has 1 saturated carbocycles. The fraction of sp³-hybridized carbons (Fsp3) is 0.217. The molecular formula is C23H22N4O3. The average molecular weight is 402 g/mol. The third-order valence-corrected chi connectivity index (χ3v) is 4.99. The van der Waals surface area contributed by atoms with Crippen molar-refractivity contribution in [2.45, 2.75) is 31.8 Å². The van der Waals surface area contributed by atoms with Gasteiger partial charge in [0, 0.05) is 18.9 Å². The van der Waals surface area contributed by atoms with Crippen molar-refractivity contribution < 1.29 is 14.3 Å². The van der Waals surface area contributed by atoms with Crippen molar-refractivity contribution in [2.75, 3.05) is 0 Å². The second-order valence-electron chi connectivity index (χ2n) is 7.41. The highest BCUT2D eigenvalue weighted by Crippen LogP contribution is 2.36. The number of hydrogen-bond acceptors (Lipinski definition) is 5. The number of rotatable bonds is 7. The van der Waals surface area contributed by atoms with Crippen molar-refractivity contribution in [3.63, 3.8) is 0 Å². The highest BCUT2D eigenvalue weighted by atomic mass is 16.5. The van der Waals surface area contributed by atoms with E-state index >= 15 is 0 Å². The van der Waals surface area contributed by atoms with Gasteiger partial charge in [-0.15, -0.1) is 0 Å². The van der Waals surface area contributed by atoms with E-state index < -0.39 is 5.54 Å². The molecule has 1 fully saturated rings. The summed E-state index contributed by atoms with van der Waals surface area (Å²) < 4.78 is 5.82. The number of aryl methyl sites for hydroxylation is 1. The molecule has 1 heterocycles. The van der Waals surface area contributed by atoms with Gasteiger partial charge >= 0.3 is 0 Å². The van der Waals surface area contributed by atoms with E-state index in [1.165, 1.54) is 24.3 Å². The summed E-state index contributed by atoms with van der Waals surface area (Å²) >= 11 is 0. The largest absolute Gasteiger partial charge is 0.457 e. The third-order valence-electron chi connectivity index (χ3n) is 4.99. The summed E-state index contributed by atoms with van der Waals surface area (Å²) in [6.07, 6.45) is 5.43. The molecule has 0 aliphatic heterocycles. The Morgan fingerprint density at radius 1 is 0.967 bits per heavy atom. The van der Waals surface area contributed by atoms with Crippen molar-refractivity contribution in [2.24, 2.45) is 0 Å². The van der Waals surface area contributed by atoms with E-state index in [1.807, 2.05) is 55.5 Å². The molecule has 0 radical (unpaired) electrons. The summed E-state index contributed by atoms with van der Waals surface area (Å²) in [7, 11) is 0. The highest BCUT2D eigenvalue weighted by molar-refractivity contribution is 6.00. The van der Waals surface area contributed by atoms with E-state index in [4.69, 9.17) is 4.74 Å². The molecule has 3 aromatic rings. The van der Waals surface area contributed by atoms with E-state index in [2.05, 4.69) is 20.6 Å². The fourth-order valence-corrected chi connectivity index (χ4v) is 3.01. The van der Waals surface area contributed by atoms with Crippen LogP contribution in [0.4, 0.5) is 0 Å². The zero-order valence-electron chi connectivity index (χ0n) is 16.6. The highest BCUT2D eigenvalue weighted by Gasteiger charge is 2.51. The van der Waals surface area contributed by atoms with Gasteiger partial charge in [0.05, 0.1) is 5.56 Å². The van der Waals surface area contributed by atoms with Gasteiger partial charge in [-0.05, 0) is 49.6 Å². The van der Waals surface area contributed by atoms with Crippen LogP contribution in [0.15, 0.2) is 67.3 Å². The maximum atomic E-state index is 12.6. The molecule has 2 N–H and O–H groups in total. The minimum atomic E-state index is -0.846. The lowest BCUT2D eigenvalue weighted by molar-refractivity contribution is -0.124. The molecule has 152 valence electrons. The molecule has 0 spiro atoms. The quantitative estimate of drug-likeness (QED) is 0.633. The molecule has 0 bridgehead atoms. The summed E-state index contributed by atoms with van der Waals surface area (Å²) in [5.41, 5.74) is 1.61. The molecule has 1 aliphatic carbocycles. The van der Waals surface area contributed by atoms with Gasteiger partial charge in [-0.25, -0.2) is 9.97 Å². The van der Waals surface area contributed by atoms with Crippen LogP contribution in [0.25, 0.3) is 0 Å². The van der Waals surface area contributed by atoms with Crippen LogP contribution in [-0.2, 0) is 11.3 Å². The second kappa shape index (κ2) is 8.32. The zero-order chi connectivity index (χ0) is 21.0. The Morgan fingerprint density at radius 2 is 1.57 bits per heavy atom. The summed E-state index contributed by atoms with van der Waals surface area (Å²) in [5.74, 6) is 0.968. The van der Waals surface area contributed by atoms with Crippen molar-refractivity contribution >= 4 is 11.8 Å². The lowest BCUT2D eigenvalue weighted by Gasteiger charge is -2.17. The number of carbonyl (C=O) groups is 2. The number of carbonyl (C=O) groups excluding carboxylic acids is 2. The monoisotopic (exact) mass is 402 g/mol. The third kappa shape index (κ3) is 4.63. The second-order valence-corrected chi connectivity index (χ2v) is 7.41. The Balaban J connectivity index is 1.30. The van der Waals surface area contributed by atoms with Gasteiger partial charge in [-0.3, -0.25) is 9.59 Å². The van der Waals surface area contributed by atoms with Crippen LogP contribution in [0.1, 0.15) is 34.3 Å². The Labute approximate surface area is 174 Å². The van der Waals surface area contributed by atoms with Gasteiger partial charge in [0.15, 0.2) is 0 Å². The van der Waals surface area contributed by atoms with Crippen LogP contribution >= 0.6 is 0 Å². The van der Waals surface area contributed by atoms with E-state index in [0.717, 1.165) is 17.1 Å². The SMILES string of the molecule is Cc1ccc(Oc2ccc(CNC(=O)C3(NC(=O)c4cncnc4)CC3)cc2)cc1. The number of ether oxygens (including phenoxy) is 1. The smallest absolute Gasteiger partial charge is 0.255 e. The van der Waals surface area contributed by atoms with Crippen molar-refractivity contribution in [1.82, 2.24) is 20.6 Å². The minimum absolute atomic E-state index is 0.187. The standard InChI is InChI=1S/C23H22N4O3/c1-16-2-6-19(7-3-16)30-20-8-4-17(5-9-20)12-26-22(29)23(10-11-23)27-21(28)18-13-24-15-25-14-18/h2-9,13-15H,10-12H2,1H3,(H,26,29)(H,27,28). The van der Waals surface area contributed by atoms with Crippen LogP contribution in [0.5, 0.6) is 11.5 Å². The van der Waals surface area contributed by atoms with E-state index in [9.17, 15) is 9.59 Å². The van der Waals surface area contributed by atoms with Gasteiger partial charge < -0.3 is 15.4 Å². The van der Waals surface area contributed by atoms with Gasteiger partial charge in [-0.2, -0.15) is 0 Å². The van der Waals surface area contributed by atoms with Crippen molar-refractivity contribution in [1.29, 1.82) is 0 Å². The normalized spacial score (nSPS) is 13.9. The molecular weight excluding hydrogens is 380 g/mol. The van der Waals surface area contributed by atoms with Gasteiger partial charge in [-0.1, -0.05) is 29.8 Å². The average Bonchev–Trinajstić information content (AvgIpc) is 3.56. The van der Waals surface area contributed by atoms with Crippen molar-refractivity contribution in [3.05, 3.63) is 83.9 Å². The van der Waals surface area contributed by atoms with Crippen LogP contribution in [0, 0.1) is 6.92 Å². The fourth-order valence-electron chi connectivity index (χ4n) is 3.01. The first-order chi connectivity index (χ1) is 14.5. The summed E-state index contributed by atoms with van der Waals surface area (Å²) in [6.45, 7) is 2.40. The molecule has 7 heteroatoms. The van der Waals surface area contributed by atoms with Gasteiger partial charge in [0.1, 0.15) is 23.4 Å². The number of nitrogens with one attached hydrogen (secondary N) is 2. The van der Waals surface area contributed by atoms with E-state index in [-0.39, 0.29) is 11.8 Å². The van der Waals surface area contributed by atoms with E-state index in [0.29, 0.717) is 24.9 Å². The first-order valence-corrected chi connectivity index (χ1v) is 9.73. The van der Waals surface area contributed by atoms with Crippen LogP contribution in [0.2, 0.25) is 0 Å². The molecule has 2 aromatic carbocycles. The molecule has 4 rings (SSSR count). The predicted molar refractivity (Wildman–Crippen MR) is 111 cm³/mol. The first kappa shape index (κ1) is 19.6. The van der Waals surface area contributed by atoms with Crippen LogP contribution in [-0.4, -0.2) is 27.3 Å². The maximum Gasteiger partial charge on any atom is 0.255 e. The Hall–Kier alpha value is -3.74. The number of amides is 2. The van der Waals surface area contributed by atoms with Crippen LogP contribution in [0.3, 0.4) is 0 Å². The maximum absolute atomic E-state index is 12.6. The zero-order valence-corrected chi connectivity index (χ0v) is 16.6. The minimum Gasteiger partial charge on any atom is -0.457 e. The molecule has 2 amide bonds. The molecule has 1 aromatic heterocycles. The van der Waals surface area contributed by atoms with E-state index in [1.54, 1.807) is 0 Å². The summed E-state index contributed by atoms with van der Waals surface area (Å²) in [4.78, 5) is 32.6. The van der Waals surface area contributed by atoms with Gasteiger partial charge in [0.2, 0.25) is 5.91 Å². The molecule has 0 unspecified atom stereocenters. The molecule has 0 saturated heterocycles. The summed E-state index contributed by atoms with van der Waals surface area (Å²) in [5, 5.41) is 5.72.